The maximum Gasteiger partial charge on any atom is 0.129 e. The molecule has 0 N–H and O–H groups in total. The van der Waals surface area contributed by atoms with E-state index in [-0.39, 0.29) is 0 Å². The number of nitrogens with zero attached hydrogens (tertiary/aromatic N) is 3. The smallest absolute Gasteiger partial charge is 0.129 e. The number of aryl methyl sites for hydroxylation is 1. The fourth-order valence-corrected chi connectivity index (χ4v) is 3.49. The van der Waals surface area contributed by atoms with E-state index in [4.69, 9.17) is 4.74 Å². The minimum atomic E-state index is 0.767. The van der Waals surface area contributed by atoms with Crippen LogP contribution in [0.25, 0.3) is 28.1 Å². The van der Waals surface area contributed by atoms with Gasteiger partial charge in [-0.05, 0) is 54.4 Å². The molecule has 150 valence electrons. The molecule has 0 aliphatic carbocycles. The van der Waals surface area contributed by atoms with E-state index in [1.54, 1.807) is 12.5 Å². The Bertz CT molecular complexity index is 1310. The molecule has 0 unspecified atom stereocenters. The molecule has 3 aromatic carbocycles. The Balaban J connectivity index is 1.42. The standard InChI is InChI=1S/C27H21N3O/c1-20-8-10-21(11-9-20)22-12-13-29-27(17-22)23-4-2-6-25(16-23)31-26-7-3-5-24(18-26)30-15-14-28-19-30/h2-19H,1H3. The number of benzene rings is 3. The third kappa shape index (κ3) is 4.23. The zero-order valence-corrected chi connectivity index (χ0v) is 17.1. The van der Waals surface area contributed by atoms with Crippen LogP contribution in [0.4, 0.5) is 0 Å². The first-order chi connectivity index (χ1) is 15.2. The Kier molecular flexibility index (Phi) is 5.03. The van der Waals surface area contributed by atoms with Gasteiger partial charge in [0.2, 0.25) is 0 Å². The summed E-state index contributed by atoms with van der Waals surface area (Å²) < 4.78 is 8.09. The van der Waals surface area contributed by atoms with E-state index in [1.807, 2.05) is 65.5 Å². The van der Waals surface area contributed by atoms with E-state index in [9.17, 15) is 0 Å². The van der Waals surface area contributed by atoms with Crippen molar-refractivity contribution in [1.82, 2.24) is 14.5 Å². The van der Waals surface area contributed by atoms with Gasteiger partial charge in [-0.15, -0.1) is 0 Å². The summed E-state index contributed by atoms with van der Waals surface area (Å²) in [7, 11) is 0. The van der Waals surface area contributed by atoms with Gasteiger partial charge in [-0.1, -0.05) is 48.0 Å². The third-order valence-electron chi connectivity index (χ3n) is 5.13. The average Bonchev–Trinajstić information content (AvgIpc) is 3.35. The van der Waals surface area contributed by atoms with Crippen molar-refractivity contribution in [1.29, 1.82) is 0 Å². The Hall–Kier alpha value is -4.18. The van der Waals surface area contributed by atoms with Crippen molar-refractivity contribution >= 4 is 0 Å². The SMILES string of the molecule is Cc1ccc(-c2ccnc(-c3cccc(Oc4cccc(-n5ccnc5)c4)c3)c2)cc1. The monoisotopic (exact) mass is 403 g/mol. The van der Waals surface area contributed by atoms with Crippen molar-refractivity contribution in [3.8, 4) is 39.6 Å². The number of imidazole rings is 1. The molecule has 0 bridgehead atoms. The Morgan fingerprint density at radius 3 is 2.32 bits per heavy atom. The summed E-state index contributed by atoms with van der Waals surface area (Å²) in [5.41, 5.74) is 6.49. The Morgan fingerprint density at radius 1 is 0.710 bits per heavy atom. The number of ether oxygens (including phenoxy) is 1. The van der Waals surface area contributed by atoms with E-state index < -0.39 is 0 Å². The first kappa shape index (κ1) is 18.8. The van der Waals surface area contributed by atoms with Crippen LogP contribution in [0.2, 0.25) is 0 Å². The largest absolute Gasteiger partial charge is 0.457 e. The predicted octanol–water partition coefficient (Wildman–Crippen LogP) is 6.70. The highest BCUT2D eigenvalue weighted by molar-refractivity contribution is 5.71. The van der Waals surface area contributed by atoms with Crippen LogP contribution in [0, 0.1) is 6.92 Å². The maximum atomic E-state index is 6.15. The first-order valence-corrected chi connectivity index (χ1v) is 10.1. The van der Waals surface area contributed by atoms with Crippen molar-refractivity contribution in [2.75, 3.05) is 0 Å². The summed E-state index contributed by atoms with van der Waals surface area (Å²) in [5, 5.41) is 0. The molecule has 5 aromatic rings. The number of hydrogen-bond donors (Lipinski definition) is 0. The van der Waals surface area contributed by atoms with Gasteiger partial charge in [-0.2, -0.15) is 0 Å². The molecule has 0 aliphatic rings. The third-order valence-corrected chi connectivity index (χ3v) is 5.13. The fraction of sp³-hybridized carbons (Fsp3) is 0.0370. The Morgan fingerprint density at radius 2 is 1.52 bits per heavy atom. The minimum Gasteiger partial charge on any atom is -0.457 e. The molecule has 2 heterocycles. The number of hydrogen-bond acceptors (Lipinski definition) is 3. The van der Waals surface area contributed by atoms with Crippen LogP contribution in [-0.2, 0) is 0 Å². The fourth-order valence-electron chi connectivity index (χ4n) is 3.49. The van der Waals surface area contributed by atoms with Gasteiger partial charge in [0.25, 0.3) is 0 Å². The summed E-state index contributed by atoms with van der Waals surface area (Å²) in [6.45, 7) is 2.10. The van der Waals surface area contributed by atoms with Crippen molar-refractivity contribution in [2.45, 2.75) is 6.92 Å². The zero-order chi connectivity index (χ0) is 21.0. The highest BCUT2D eigenvalue weighted by Gasteiger charge is 2.06. The quantitative estimate of drug-likeness (QED) is 0.328. The molecule has 0 fully saturated rings. The van der Waals surface area contributed by atoms with E-state index in [0.29, 0.717) is 0 Å². The zero-order valence-electron chi connectivity index (χ0n) is 17.1. The summed E-state index contributed by atoms with van der Waals surface area (Å²) in [6.07, 6.45) is 7.29. The van der Waals surface area contributed by atoms with Crippen LogP contribution in [0.1, 0.15) is 5.56 Å². The molecule has 4 nitrogen and oxygen atoms in total. The van der Waals surface area contributed by atoms with Crippen LogP contribution in [0.15, 0.2) is 110 Å². The molecule has 0 saturated heterocycles. The molecule has 0 aliphatic heterocycles. The molecule has 0 atom stereocenters. The average molecular weight is 403 g/mol. The maximum absolute atomic E-state index is 6.15. The van der Waals surface area contributed by atoms with E-state index in [1.165, 1.54) is 11.1 Å². The van der Waals surface area contributed by atoms with Crippen molar-refractivity contribution in [3.05, 3.63) is 115 Å². The van der Waals surface area contributed by atoms with Gasteiger partial charge in [-0.25, -0.2) is 4.98 Å². The van der Waals surface area contributed by atoms with Gasteiger partial charge >= 0.3 is 0 Å². The number of pyridine rings is 1. The van der Waals surface area contributed by atoms with Gasteiger partial charge < -0.3 is 9.30 Å². The van der Waals surface area contributed by atoms with Crippen molar-refractivity contribution in [3.63, 3.8) is 0 Å². The number of aromatic nitrogens is 3. The van der Waals surface area contributed by atoms with Crippen LogP contribution in [0.5, 0.6) is 11.5 Å². The lowest BCUT2D eigenvalue weighted by molar-refractivity contribution is 0.482. The molecule has 0 saturated carbocycles. The summed E-state index contributed by atoms with van der Waals surface area (Å²) in [6, 6.07) is 28.6. The lowest BCUT2D eigenvalue weighted by atomic mass is 10.0. The van der Waals surface area contributed by atoms with E-state index in [0.717, 1.165) is 34.0 Å². The van der Waals surface area contributed by atoms with Crippen molar-refractivity contribution in [2.24, 2.45) is 0 Å². The Labute approximate surface area is 181 Å². The predicted molar refractivity (Wildman–Crippen MR) is 123 cm³/mol. The van der Waals surface area contributed by atoms with Gasteiger partial charge in [-0.3, -0.25) is 4.98 Å². The molecule has 0 radical (unpaired) electrons. The second-order valence-electron chi connectivity index (χ2n) is 7.39. The van der Waals surface area contributed by atoms with Gasteiger partial charge in [0.15, 0.2) is 0 Å². The van der Waals surface area contributed by atoms with Crippen molar-refractivity contribution < 1.29 is 4.74 Å². The summed E-state index contributed by atoms with van der Waals surface area (Å²) >= 11 is 0. The molecular weight excluding hydrogens is 382 g/mol. The first-order valence-electron chi connectivity index (χ1n) is 10.1. The van der Waals surface area contributed by atoms with E-state index in [2.05, 4.69) is 53.3 Å². The van der Waals surface area contributed by atoms with Crippen LogP contribution in [0.3, 0.4) is 0 Å². The molecule has 5 rings (SSSR count). The second-order valence-corrected chi connectivity index (χ2v) is 7.39. The van der Waals surface area contributed by atoms with Crippen LogP contribution >= 0.6 is 0 Å². The topological polar surface area (TPSA) is 39.9 Å². The van der Waals surface area contributed by atoms with Crippen LogP contribution < -0.4 is 4.74 Å². The summed E-state index contributed by atoms with van der Waals surface area (Å²) in [5.74, 6) is 1.53. The molecular formula is C27H21N3O. The molecule has 31 heavy (non-hydrogen) atoms. The highest BCUT2D eigenvalue weighted by atomic mass is 16.5. The summed E-state index contributed by atoms with van der Waals surface area (Å²) in [4.78, 5) is 8.69. The lowest BCUT2D eigenvalue weighted by Crippen LogP contribution is -1.91. The van der Waals surface area contributed by atoms with Gasteiger partial charge in [0.1, 0.15) is 11.5 Å². The molecule has 2 aromatic heterocycles. The van der Waals surface area contributed by atoms with Crippen LogP contribution in [-0.4, -0.2) is 14.5 Å². The lowest BCUT2D eigenvalue weighted by Gasteiger charge is -2.10. The normalized spacial score (nSPS) is 10.7. The minimum absolute atomic E-state index is 0.767. The number of rotatable bonds is 5. The molecule has 0 spiro atoms. The highest BCUT2D eigenvalue weighted by Crippen LogP contribution is 2.29. The molecule has 0 amide bonds. The molecule has 4 heteroatoms. The van der Waals surface area contributed by atoms with E-state index >= 15 is 0 Å². The van der Waals surface area contributed by atoms with Gasteiger partial charge in [0, 0.05) is 30.2 Å². The second kappa shape index (κ2) is 8.28. The van der Waals surface area contributed by atoms with Gasteiger partial charge in [0.05, 0.1) is 17.7 Å².